The topological polar surface area (TPSA) is 39.2 Å². The summed E-state index contributed by atoms with van der Waals surface area (Å²) in [4.78, 5) is 9.50. The second-order valence-electron chi connectivity index (χ2n) is 1.02. The highest BCUT2D eigenvalue weighted by molar-refractivity contribution is 7.07. The normalized spacial score (nSPS) is 8.50. The van der Waals surface area contributed by atoms with E-state index in [1.807, 2.05) is 0 Å². The minimum atomic E-state index is 0.472. The summed E-state index contributed by atoms with van der Waals surface area (Å²) < 4.78 is 7.97. The Balaban J connectivity index is 2.62. The smallest absolute Gasteiger partial charge is 0.405 e. The molecule has 1 heterocycles. The van der Waals surface area contributed by atoms with E-state index in [-0.39, 0.29) is 0 Å². The maximum atomic E-state index is 9.50. The van der Waals surface area contributed by atoms with Crippen LogP contribution in [0, 0.1) is 0 Å². The second-order valence-corrected chi connectivity index (χ2v) is 1.81. The van der Waals surface area contributed by atoms with Crippen LogP contribution in [0.15, 0.2) is 12.3 Å². The summed E-state index contributed by atoms with van der Waals surface area (Å²) in [5.41, 5.74) is 0. The van der Waals surface area contributed by atoms with E-state index in [1.54, 1.807) is 12.3 Å². The van der Waals surface area contributed by atoms with Crippen molar-refractivity contribution in [2.75, 3.05) is 0 Å². The first-order valence-electron chi connectivity index (χ1n) is 1.88. The highest BCUT2D eigenvalue weighted by Gasteiger charge is 1.90. The molecule has 1 aromatic heterocycles. The minimum Gasteiger partial charge on any atom is -0.405 e. The third-order valence-electron chi connectivity index (χ3n) is 0.556. The summed E-state index contributed by atoms with van der Waals surface area (Å²) in [6.07, 6.45) is 1.55. The fraction of sp³-hybridized carbons (Fsp3) is 0. The summed E-state index contributed by atoms with van der Waals surface area (Å²) in [5, 5.41) is 0.472. The quantitative estimate of drug-likeness (QED) is 0.585. The van der Waals surface area contributed by atoms with Crippen molar-refractivity contribution in [3.05, 3.63) is 12.3 Å². The van der Waals surface area contributed by atoms with Crippen molar-refractivity contribution in [1.29, 1.82) is 0 Å². The van der Waals surface area contributed by atoms with Gasteiger partial charge in [0.1, 0.15) is 0 Å². The Morgan fingerprint density at radius 1 is 1.88 bits per heavy atom. The molecule has 3 nitrogen and oxygen atoms in total. The molecule has 8 heavy (non-hydrogen) atoms. The Morgan fingerprint density at radius 2 is 2.75 bits per heavy atom. The number of rotatable bonds is 2. The van der Waals surface area contributed by atoms with Gasteiger partial charge in [0.15, 0.2) is 0 Å². The SMILES string of the molecule is O=[C]Oc1ccns1. The number of hydrogen-bond acceptors (Lipinski definition) is 4. The number of aromatic nitrogens is 1. The Morgan fingerprint density at radius 3 is 3.25 bits per heavy atom. The van der Waals surface area contributed by atoms with Crippen LogP contribution in [0.25, 0.3) is 0 Å². The first-order chi connectivity index (χ1) is 3.93. The molecule has 1 rings (SSSR count). The monoisotopic (exact) mass is 128 g/mol. The molecule has 41 valence electrons. The van der Waals surface area contributed by atoms with Gasteiger partial charge in [-0.2, -0.15) is 4.37 Å². The summed E-state index contributed by atoms with van der Waals surface area (Å²) in [5.74, 6) is 0. The fourth-order valence-electron chi connectivity index (χ4n) is 0.298. The molecular formula is C4H2NO2S. The van der Waals surface area contributed by atoms with E-state index < -0.39 is 0 Å². The van der Waals surface area contributed by atoms with E-state index in [0.29, 0.717) is 5.06 Å². The van der Waals surface area contributed by atoms with Crippen molar-refractivity contribution in [1.82, 2.24) is 4.37 Å². The van der Waals surface area contributed by atoms with Gasteiger partial charge in [-0.1, -0.05) is 0 Å². The molecule has 0 aliphatic heterocycles. The summed E-state index contributed by atoms with van der Waals surface area (Å²) in [6.45, 7) is 1.29. The molecule has 0 fully saturated rings. The van der Waals surface area contributed by atoms with Gasteiger partial charge in [0.25, 0.3) is 0 Å². The van der Waals surface area contributed by atoms with Gasteiger partial charge in [-0.05, 0) is 0 Å². The van der Waals surface area contributed by atoms with Crippen LogP contribution in [0.5, 0.6) is 5.06 Å². The standard InChI is InChI=1S/C4H2NO2S/c6-3-7-4-1-2-5-8-4/h1-2H. The predicted octanol–water partition coefficient (Wildman–Crippen LogP) is 0.589. The predicted molar refractivity (Wildman–Crippen MR) is 28.4 cm³/mol. The molecule has 0 aromatic carbocycles. The lowest BCUT2D eigenvalue weighted by molar-refractivity contribution is 0.449. The van der Waals surface area contributed by atoms with E-state index >= 15 is 0 Å². The first-order valence-corrected chi connectivity index (χ1v) is 2.65. The summed E-state index contributed by atoms with van der Waals surface area (Å²) >= 11 is 1.11. The van der Waals surface area contributed by atoms with Crippen molar-refractivity contribution in [2.45, 2.75) is 0 Å². The Hall–Kier alpha value is -0.900. The number of nitrogens with zero attached hydrogens (tertiary/aromatic N) is 1. The van der Waals surface area contributed by atoms with Crippen LogP contribution in [-0.4, -0.2) is 10.8 Å². The van der Waals surface area contributed by atoms with Crippen molar-refractivity contribution in [3.63, 3.8) is 0 Å². The lowest BCUT2D eigenvalue weighted by Gasteiger charge is -1.80. The lowest BCUT2D eigenvalue weighted by atomic mass is 10.7. The number of hydrogen-bond donors (Lipinski definition) is 0. The van der Waals surface area contributed by atoms with Crippen LogP contribution in [0.2, 0.25) is 0 Å². The average Bonchev–Trinajstić information content (AvgIpc) is 2.19. The largest absolute Gasteiger partial charge is 0.424 e. The molecular weight excluding hydrogens is 126 g/mol. The summed E-state index contributed by atoms with van der Waals surface area (Å²) in [7, 11) is 0. The molecule has 1 aromatic rings. The highest BCUT2D eigenvalue weighted by atomic mass is 32.1. The third-order valence-corrected chi connectivity index (χ3v) is 1.18. The zero-order chi connectivity index (χ0) is 5.82. The summed E-state index contributed by atoms with van der Waals surface area (Å²) in [6, 6.07) is 1.59. The van der Waals surface area contributed by atoms with Gasteiger partial charge in [0.2, 0.25) is 5.06 Å². The van der Waals surface area contributed by atoms with Crippen molar-refractivity contribution in [2.24, 2.45) is 0 Å². The molecule has 1 radical (unpaired) electrons. The van der Waals surface area contributed by atoms with E-state index in [1.165, 1.54) is 6.47 Å². The first kappa shape index (κ1) is 5.24. The van der Waals surface area contributed by atoms with E-state index in [2.05, 4.69) is 9.11 Å². The fourth-order valence-corrected chi connectivity index (χ4v) is 0.716. The molecule has 0 bridgehead atoms. The van der Waals surface area contributed by atoms with Gasteiger partial charge in [-0.25, -0.2) is 4.79 Å². The Kier molecular flexibility index (Phi) is 1.58. The average molecular weight is 128 g/mol. The van der Waals surface area contributed by atoms with Gasteiger partial charge >= 0.3 is 6.47 Å². The van der Waals surface area contributed by atoms with Crippen molar-refractivity contribution < 1.29 is 9.53 Å². The molecule has 0 saturated heterocycles. The van der Waals surface area contributed by atoms with Gasteiger partial charge in [-0.15, -0.1) is 0 Å². The molecule has 0 atom stereocenters. The minimum absolute atomic E-state index is 0.472. The zero-order valence-corrected chi connectivity index (χ0v) is 4.64. The van der Waals surface area contributed by atoms with Gasteiger partial charge in [0, 0.05) is 23.8 Å². The van der Waals surface area contributed by atoms with E-state index in [4.69, 9.17) is 0 Å². The Bertz CT molecular complexity index is 161. The van der Waals surface area contributed by atoms with E-state index in [0.717, 1.165) is 11.5 Å². The second kappa shape index (κ2) is 2.42. The van der Waals surface area contributed by atoms with Crippen LogP contribution in [0.4, 0.5) is 0 Å². The highest BCUT2D eigenvalue weighted by Crippen LogP contribution is 2.12. The van der Waals surface area contributed by atoms with Crippen LogP contribution >= 0.6 is 11.5 Å². The van der Waals surface area contributed by atoms with Crippen LogP contribution < -0.4 is 4.74 Å². The zero-order valence-electron chi connectivity index (χ0n) is 3.83. The van der Waals surface area contributed by atoms with Gasteiger partial charge < -0.3 is 4.74 Å². The molecule has 0 spiro atoms. The molecule has 0 saturated carbocycles. The molecule has 0 aliphatic carbocycles. The van der Waals surface area contributed by atoms with Crippen LogP contribution in [0.3, 0.4) is 0 Å². The maximum Gasteiger partial charge on any atom is 0.424 e. The molecule has 0 aliphatic rings. The van der Waals surface area contributed by atoms with E-state index in [9.17, 15) is 4.79 Å². The third kappa shape index (κ3) is 1.04. The molecule has 4 heteroatoms. The Labute approximate surface area is 50.1 Å². The van der Waals surface area contributed by atoms with Crippen molar-refractivity contribution in [3.8, 4) is 5.06 Å². The lowest BCUT2D eigenvalue weighted by Crippen LogP contribution is -1.82. The van der Waals surface area contributed by atoms with Gasteiger partial charge in [0.05, 0.1) is 0 Å². The van der Waals surface area contributed by atoms with Crippen LogP contribution in [0.1, 0.15) is 0 Å². The van der Waals surface area contributed by atoms with Gasteiger partial charge in [-0.3, -0.25) is 0 Å². The maximum absolute atomic E-state index is 9.50. The molecule has 0 unspecified atom stereocenters. The number of carbonyl (C=O) groups excluding carboxylic acids is 1. The van der Waals surface area contributed by atoms with Crippen LogP contribution in [-0.2, 0) is 4.79 Å². The van der Waals surface area contributed by atoms with Crippen molar-refractivity contribution >= 4 is 18.0 Å². The number of ether oxygens (including phenoxy) is 1. The molecule has 0 amide bonds. The molecule has 0 N–H and O–H groups in total.